The van der Waals surface area contributed by atoms with Crippen LogP contribution in [-0.4, -0.2) is 29.3 Å². The number of carbonyl (C=O) groups excluding carboxylic acids is 2. The fraction of sp³-hybridized carbons (Fsp3) is 0.429. The molecular formula is C14H16Cl2N2O2. The SMILES string of the molecule is NC(=O)[C@@H]1CCCN1C(=O)CCc1ccc(Cl)c(Cl)c1. The average molecular weight is 315 g/mol. The van der Waals surface area contributed by atoms with E-state index < -0.39 is 11.9 Å². The zero-order valence-corrected chi connectivity index (χ0v) is 12.5. The van der Waals surface area contributed by atoms with Gasteiger partial charge in [-0.1, -0.05) is 29.3 Å². The summed E-state index contributed by atoms with van der Waals surface area (Å²) in [7, 11) is 0. The van der Waals surface area contributed by atoms with Crippen LogP contribution in [0.1, 0.15) is 24.8 Å². The van der Waals surface area contributed by atoms with Gasteiger partial charge in [-0.25, -0.2) is 0 Å². The number of hydrogen-bond donors (Lipinski definition) is 1. The van der Waals surface area contributed by atoms with Crippen molar-refractivity contribution in [3.63, 3.8) is 0 Å². The molecule has 4 nitrogen and oxygen atoms in total. The number of carbonyl (C=O) groups is 2. The van der Waals surface area contributed by atoms with Gasteiger partial charge in [0.15, 0.2) is 0 Å². The third kappa shape index (κ3) is 3.44. The van der Waals surface area contributed by atoms with E-state index in [-0.39, 0.29) is 5.91 Å². The number of likely N-dealkylation sites (tertiary alicyclic amines) is 1. The Hall–Kier alpha value is -1.26. The topological polar surface area (TPSA) is 63.4 Å². The first kappa shape index (κ1) is 15.1. The number of aryl methyl sites for hydroxylation is 1. The number of amides is 2. The molecule has 0 bridgehead atoms. The zero-order chi connectivity index (χ0) is 14.7. The van der Waals surface area contributed by atoms with Gasteiger partial charge in [0, 0.05) is 13.0 Å². The van der Waals surface area contributed by atoms with Crippen molar-refractivity contribution in [2.75, 3.05) is 6.54 Å². The van der Waals surface area contributed by atoms with Crippen LogP contribution in [0.2, 0.25) is 10.0 Å². The molecule has 0 aromatic heterocycles. The first-order valence-corrected chi connectivity index (χ1v) is 7.27. The summed E-state index contributed by atoms with van der Waals surface area (Å²) in [6.07, 6.45) is 2.39. The average Bonchev–Trinajstić information content (AvgIpc) is 2.89. The Morgan fingerprint density at radius 2 is 2.05 bits per heavy atom. The van der Waals surface area contributed by atoms with Crippen LogP contribution in [0.3, 0.4) is 0 Å². The van der Waals surface area contributed by atoms with Gasteiger partial charge in [-0.05, 0) is 37.0 Å². The standard InChI is InChI=1S/C14H16Cl2N2O2/c15-10-5-3-9(8-11(10)16)4-6-13(19)18-7-1-2-12(18)14(17)20/h3,5,8,12H,1-2,4,6-7H2,(H2,17,20)/t12-/m0/s1. The van der Waals surface area contributed by atoms with Crippen LogP contribution < -0.4 is 5.73 Å². The Kier molecular flexibility index (Phi) is 4.89. The van der Waals surface area contributed by atoms with E-state index in [1.165, 1.54) is 0 Å². The minimum Gasteiger partial charge on any atom is -0.368 e. The third-order valence-electron chi connectivity index (χ3n) is 3.51. The number of nitrogens with zero attached hydrogens (tertiary/aromatic N) is 1. The molecule has 2 rings (SSSR count). The van der Waals surface area contributed by atoms with Crippen molar-refractivity contribution in [1.29, 1.82) is 0 Å². The van der Waals surface area contributed by atoms with Gasteiger partial charge in [0.1, 0.15) is 6.04 Å². The lowest BCUT2D eigenvalue weighted by Crippen LogP contribution is -2.43. The van der Waals surface area contributed by atoms with Crippen LogP contribution in [0.25, 0.3) is 0 Å². The van der Waals surface area contributed by atoms with Crippen molar-refractivity contribution in [1.82, 2.24) is 4.90 Å². The molecular weight excluding hydrogens is 299 g/mol. The number of benzene rings is 1. The second-order valence-corrected chi connectivity index (χ2v) is 5.71. The van der Waals surface area contributed by atoms with Crippen molar-refractivity contribution in [3.05, 3.63) is 33.8 Å². The van der Waals surface area contributed by atoms with Crippen LogP contribution in [0, 0.1) is 0 Å². The summed E-state index contributed by atoms with van der Waals surface area (Å²) in [6, 6.07) is 4.87. The van der Waals surface area contributed by atoms with Crippen molar-refractivity contribution < 1.29 is 9.59 Å². The number of halogens is 2. The number of rotatable bonds is 4. The summed E-state index contributed by atoms with van der Waals surface area (Å²) in [5, 5.41) is 0.975. The van der Waals surface area contributed by atoms with E-state index in [9.17, 15) is 9.59 Å². The van der Waals surface area contributed by atoms with Crippen molar-refractivity contribution in [3.8, 4) is 0 Å². The lowest BCUT2D eigenvalue weighted by molar-refractivity contribution is -0.137. The summed E-state index contributed by atoms with van der Waals surface area (Å²) >= 11 is 11.8. The summed E-state index contributed by atoms with van der Waals surface area (Å²) in [5.41, 5.74) is 6.25. The van der Waals surface area contributed by atoms with E-state index in [2.05, 4.69) is 0 Å². The molecule has 6 heteroatoms. The lowest BCUT2D eigenvalue weighted by atomic mass is 10.1. The summed E-state index contributed by atoms with van der Waals surface area (Å²) < 4.78 is 0. The highest BCUT2D eigenvalue weighted by Crippen LogP contribution is 2.24. The van der Waals surface area contributed by atoms with Gasteiger partial charge in [-0.2, -0.15) is 0 Å². The maximum Gasteiger partial charge on any atom is 0.240 e. The molecule has 1 fully saturated rings. The molecule has 1 saturated heterocycles. The minimum absolute atomic E-state index is 0.0441. The Labute approximate surface area is 127 Å². The van der Waals surface area contributed by atoms with Gasteiger partial charge in [-0.3, -0.25) is 9.59 Å². The van der Waals surface area contributed by atoms with Gasteiger partial charge in [0.25, 0.3) is 0 Å². The quantitative estimate of drug-likeness (QED) is 0.927. The highest BCUT2D eigenvalue weighted by Gasteiger charge is 2.32. The van der Waals surface area contributed by atoms with E-state index >= 15 is 0 Å². The Bertz CT molecular complexity index is 534. The summed E-state index contributed by atoms with van der Waals surface area (Å²) in [6.45, 7) is 0.605. The number of hydrogen-bond acceptors (Lipinski definition) is 2. The van der Waals surface area contributed by atoms with Crippen LogP contribution in [-0.2, 0) is 16.0 Å². The van der Waals surface area contributed by atoms with E-state index in [4.69, 9.17) is 28.9 Å². The Morgan fingerprint density at radius 1 is 1.30 bits per heavy atom. The molecule has 1 heterocycles. The molecule has 1 aromatic carbocycles. The van der Waals surface area contributed by atoms with Gasteiger partial charge < -0.3 is 10.6 Å². The Balaban J connectivity index is 1.94. The molecule has 1 aliphatic heterocycles. The maximum atomic E-state index is 12.1. The van der Waals surface area contributed by atoms with E-state index in [0.29, 0.717) is 35.9 Å². The molecule has 20 heavy (non-hydrogen) atoms. The van der Waals surface area contributed by atoms with E-state index in [1.54, 1.807) is 17.0 Å². The van der Waals surface area contributed by atoms with Crippen LogP contribution in [0.15, 0.2) is 18.2 Å². The van der Waals surface area contributed by atoms with Gasteiger partial charge >= 0.3 is 0 Å². The zero-order valence-electron chi connectivity index (χ0n) is 10.9. The summed E-state index contributed by atoms with van der Waals surface area (Å²) in [4.78, 5) is 25.0. The molecule has 2 N–H and O–H groups in total. The highest BCUT2D eigenvalue weighted by molar-refractivity contribution is 6.42. The van der Waals surface area contributed by atoms with Gasteiger partial charge in [0.05, 0.1) is 10.0 Å². The first-order chi connectivity index (χ1) is 9.49. The number of nitrogens with two attached hydrogens (primary N) is 1. The lowest BCUT2D eigenvalue weighted by Gasteiger charge is -2.22. The predicted octanol–water partition coefficient (Wildman–Crippen LogP) is 2.40. The molecule has 0 aliphatic carbocycles. The predicted molar refractivity (Wildman–Crippen MR) is 78.7 cm³/mol. The van der Waals surface area contributed by atoms with Crippen molar-refractivity contribution in [2.45, 2.75) is 31.7 Å². The van der Waals surface area contributed by atoms with E-state index in [1.807, 2.05) is 6.07 Å². The fourth-order valence-corrected chi connectivity index (χ4v) is 2.77. The monoisotopic (exact) mass is 314 g/mol. The molecule has 0 radical (unpaired) electrons. The third-order valence-corrected chi connectivity index (χ3v) is 4.25. The van der Waals surface area contributed by atoms with Crippen LogP contribution >= 0.6 is 23.2 Å². The second-order valence-electron chi connectivity index (χ2n) is 4.90. The molecule has 1 aliphatic rings. The molecule has 1 aromatic rings. The first-order valence-electron chi connectivity index (χ1n) is 6.51. The van der Waals surface area contributed by atoms with E-state index in [0.717, 1.165) is 12.0 Å². The van der Waals surface area contributed by atoms with Crippen LogP contribution in [0.4, 0.5) is 0 Å². The van der Waals surface area contributed by atoms with Gasteiger partial charge in [-0.15, -0.1) is 0 Å². The normalized spacial score (nSPS) is 18.3. The largest absolute Gasteiger partial charge is 0.368 e. The fourth-order valence-electron chi connectivity index (χ4n) is 2.45. The molecule has 2 amide bonds. The van der Waals surface area contributed by atoms with Crippen molar-refractivity contribution in [2.24, 2.45) is 5.73 Å². The minimum atomic E-state index is -0.448. The second kappa shape index (κ2) is 6.46. The Morgan fingerprint density at radius 3 is 2.70 bits per heavy atom. The summed E-state index contributed by atoms with van der Waals surface area (Å²) in [5.74, 6) is -0.470. The molecule has 108 valence electrons. The molecule has 0 unspecified atom stereocenters. The number of primary amides is 1. The molecule has 0 spiro atoms. The van der Waals surface area contributed by atoms with Crippen molar-refractivity contribution >= 4 is 35.0 Å². The maximum absolute atomic E-state index is 12.1. The highest BCUT2D eigenvalue weighted by atomic mass is 35.5. The van der Waals surface area contributed by atoms with Crippen LogP contribution in [0.5, 0.6) is 0 Å². The molecule has 0 saturated carbocycles. The molecule has 1 atom stereocenters. The smallest absolute Gasteiger partial charge is 0.240 e. The van der Waals surface area contributed by atoms with Gasteiger partial charge in [0.2, 0.25) is 11.8 Å².